The highest BCUT2D eigenvalue weighted by Crippen LogP contribution is 2.29. The number of carboxylic acids is 1. The highest BCUT2D eigenvalue weighted by molar-refractivity contribution is 5.96. The first-order chi connectivity index (χ1) is 10.9. The SMILES string of the molecule is COC(C)c1cc(C)cc2c(=O)c3cc(C(=O)O)ccc3oc12. The van der Waals surface area contributed by atoms with E-state index < -0.39 is 5.97 Å². The van der Waals surface area contributed by atoms with Gasteiger partial charge in [-0.3, -0.25) is 4.79 Å². The second-order valence-corrected chi connectivity index (χ2v) is 5.56. The van der Waals surface area contributed by atoms with Crippen LogP contribution in [0.25, 0.3) is 21.9 Å². The van der Waals surface area contributed by atoms with Crippen LogP contribution in [0.5, 0.6) is 0 Å². The molecule has 0 amide bonds. The Labute approximate surface area is 132 Å². The molecule has 0 spiro atoms. The molecular weight excluding hydrogens is 296 g/mol. The molecule has 3 rings (SSSR count). The number of carboxylic acid groups (broad SMARTS) is 1. The van der Waals surface area contributed by atoms with Gasteiger partial charge in [0, 0.05) is 12.7 Å². The molecule has 1 N–H and O–H groups in total. The van der Waals surface area contributed by atoms with Crippen molar-refractivity contribution in [3.63, 3.8) is 0 Å². The number of aryl methyl sites for hydroxylation is 1. The third-order valence-corrected chi connectivity index (χ3v) is 3.98. The smallest absolute Gasteiger partial charge is 0.335 e. The van der Waals surface area contributed by atoms with Crippen molar-refractivity contribution >= 4 is 27.9 Å². The molecular formula is C18H16O5. The third-order valence-electron chi connectivity index (χ3n) is 3.98. The maximum Gasteiger partial charge on any atom is 0.335 e. The summed E-state index contributed by atoms with van der Waals surface area (Å²) in [4.78, 5) is 23.9. The van der Waals surface area contributed by atoms with Crippen LogP contribution in [0.4, 0.5) is 0 Å². The molecule has 1 heterocycles. The highest BCUT2D eigenvalue weighted by Gasteiger charge is 2.17. The summed E-state index contributed by atoms with van der Waals surface area (Å²) in [5.74, 6) is -1.08. The Morgan fingerprint density at radius 2 is 1.96 bits per heavy atom. The lowest BCUT2D eigenvalue weighted by molar-refractivity contribution is 0.0697. The predicted octanol–water partition coefficient (Wildman–Crippen LogP) is 3.66. The number of hydrogen-bond acceptors (Lipinski definition) is 4. The number of ether oxygens (including phenoxy) is 1. The molecule has 5 heteroatoms. The predicted molar refractivity (Wildman–Crippen MR) is 87.1 cm³/mol. The van der Waals surface area contributed by atoms with E-state index in [4.69, 9.17) is 14.3 Å². The lowest BCUT2D eigenvalue weighted by Crippen LogP contribution is -2.07. The minimum absolute atomic E-state index is 0.0577. The van der Waals surface area contributed by atoms with E-state index in [9.17, 15) is 9.59 Å². The summed E-state index contributed by atoms with van der Waals surface area (Å²) in [6.07, 6.45) is -0.226. The standard InChI is InChI=1S/C18H16O5/c1-9-6-12(10(2)22-3)17-14(7-9)16(19)13-8-11(18(20)21)4-5-15(13)23-17/h4-8,10H,1-3H3,(H,20,21). The van der Waals surface area contributed by atoms with Gasteiger partial charge in [-0.1, -0.05) is 0 Å². The minimum atomic E-state index is -1.08. The second kappa shape index (κ2) is 5.52. The largest absolute Gasteiger partial charge is 0.478 e. The molecule has 1 atom stereocenters. The molecule has 0 radical (unpaired) electrons. The van der Waals surface area contributed by atoms with Crippen LogP contribution in [0.1, 0.15) is 34.5 Å². The van der Waals surface area contributed by atoms with Gasteiger partial charge in [-0.15, -0.1) is 0 Å². The van der Waals surface area contributed by atoms with E-state index in [1.165, 1.54) is 18.2 Å². The summed E-state index contributed by atoms with van der Waals surface area (Å²) < 4.78 is 11.3. The number of rotatable bonds is 3. The van der Waals surface area contributed by atoms with Gasteiger partial charge in [0.05, 0.1) is 22.4 Å². The molecule has 0 aliphatic heterocycles. The van der Waals surface area contributed by atoms with Crippen LogP contribution in [0.15, 0.2) is 39.5 Å². The normalized spacial score (nSPS) is 12.7. The first kappa shape index (κ1) is 15.2. The van der Waals surface area contributed by atoms with Gasteiger partial charge in [0.2, 0.25) is 5.43 Å². The molecule has 1 unspecified atom stereocenters. The zero-order chi connectivity index (χ0) is 16.7. The molecule has 0 saturated carbocycles. The Hall–Kier alpha value is -2.66. The van der Waals surface area contributed by atoms with Crippen LogP contribution in [0, 0.1) is 6.92 Å². The van der Waals surface area contributed by atoms with Crippen LogP contribution in [0.3, 0.4) is 0 Å². The average Bonchev–Trinajstić information content (AvgIpc) is 2.54. The first-order valence-electron chi connectivity index (χ1n) is 7.19. The van der Waals surface area contributed by atoms with E-state index in [1.807, 2.05) is 19.9 Å². The van der Waals surface area contributed by atoms with E-state index in [0.717, 1.165) is 11.1 Å². The summed E-state index contributed by atoms with van der Waals surface area (Å²) in [5.41, 5.74) is 2.37. The molecule has 0 saturated heterocycles. The van der Waals surface area contributed by atoms with Crippen LogP contribution < -0.4 is 5.43 Å². The molecule has 0 aliphatic carbocycles. The van der Waals surface area contributed by atoms with E-state index in [2.05, 4.69) is 0 Å². The van der Waals surface area contributed by atoms with Gasteiger partial charge in [-0.25, -0.2) is 4.79 Å². The quantitative estimate of drug-likeness (QED) is 0.747. The van der Waals surface area contributed by atoms with Crippen LogP contribution in [0.2, 0.25) is 0 Å². The van der Waals surface area contributed by atoms with E-state index in [-0.39, 0.29) is 22.5 Å². The maximum absolute atomic E-state index is 12.8. The monoisotopic (exact) mass is 312 g/mol. The molecule has 2 aromatic carbocycles. The zero-order valence-electron chi connectivity index (χ0n) is 13.0. The molecule has 23 heavy (non-hydrogen) atoms. The topological polar surface area (TPSA) is 76.7 Å². The van der Waals surface area contributed by atoms with Crippen molar-refractivity contribution < 1.29 is 19.1 Å². The van der Waals surface area contributed by atoms with Crippen LogP contribution in [-0.2, 0) is 4.74 Å². The number of carbonyl (C=O) groups is 1. The van der Waals surface area contributed by atoms with Gasteiger partial charge in [-0.2, -0.15) is 0 Å². The summed E-state index contributed by atoms with van der Waals surface area (Å²) in [6.45, 7) is 3.77. The Kier molecular flexibility index (Phi) is 3.66. The van der Waals surface area contributed by atoms with Crippen LogP contribution >= 0.6 is 0 Å². The number of hydrogen-bond donors (Lipinski definition) is 1. The number of benzene rings is 2. The molecule has 118 valence electrons. The number of fused-ring (bicyclic) bond motifs is 2. The van der Waals surface area contributed by atoms with E-state index in [0.29, 0.717) is 16.6 Å². The van der Waals surface area contributed by atoms with Crippen molar-refractivity contribution in [2.75, 3.05) is 7.11 Å². The average molecular weight is 312 g/mol. The molecule has 0 bridgehead atoms. The number of aromatic carboxylic acids is 1. The third kappa shape index (κ3) is 2.49. The fourth-order valence-corrected chi connectivity index (χ4v) is 2.70. The van der Waals surface area contributed by atoms with Gasteiger partial charge >= 0.3 is 5.97 Å². The van der Waals surface area contributed by atoms with Gasteiger partial charge in [0.15, 0.2) is 0 Å². The van der Waals surface area contributed by atoms with Crippen molar-refractivity contribution in [3.8, 4) is 0 Å². The Bertz CT molecular complexity index is 984. The first-order valence-corrected chi connectivity index (χ1v) is 7.19. The molecule has 5 nitrogen and oxygen atoms in total. The highest BCUT2D eigenvalue weighted by atomic mass is 16.5. The summed E-state index contributed by atoms with van der Waals surface area (Å²) in [6, 6.07) is 7.97. The molecule has 1 aromatic heterocycles. The van der Waals surface area contributed by atoms with Gasteiger partial charge in [-0.05, 0) is 49.7 Å². The summed E-state index contributed by atoms with van der Waals surface area (Å²) >= 11 is 0. The second-order valence-electron chi connectivity index (χ2n) is 5.56. The molecule has 0 aliphatic rings. The number of methoxy groups -OCH3 is 1. The van der Waals surface area contributed by atoms with Gasteiger partial charge < -0.3 is 14.3 Å². The molecule has 3 aromatic rings. The fraction of sp³-hybridized carbons (Fsp3) is 0.222. The Balaban J connectivity index is 2.45. The zero-order valence-corrected chi connectivity index (χ0v) is 13.0. The van der Waals surface area contributed by atoms with Crippen molar-refractivity contribution in [2.45, 2.75) is 20.0 Å². The summed E-state index contributed by atoms with van der Waals surface area (Å²) in [7, 11) is 1.59. The minimum Gasteiger partial charge on any atom is -0.478 e. The van der Waals surface area contributed by atoms with Crippen molar-refractivity contribution in [3.05, 3.63) is 57.2 Å². The van der Waals surface area contributed by atoms with Crippen molar-refractivity contribution in [1.82, 2.24) is 0 Å². The van der Waals surface area contributed by atoms with Crippen molar-refractivity contribution in [1.29, 1.82) is 0 Å². The molecule has 0 fully saturated rings. The van der Waals surface area contributed by atoms with Crippen molar-refractivity contribution in [2.24, 2.45) is 0 Å². The fourth-order valence-electron chi connectivity index (χ4n) is 2.70. The van der Waals surface area contributed by atoms with Crippen LogP contribution in [-0.4, -0.2) is 18.2 Å². The van der Waals surface area contributed by atoms with E-state index >= 15 is 0 Å². The van der Waals surface area contributed by atoms with Gasteiger partial charge in [0.25, 0.3) is 0 Å². The Morgan fingerprint density at radius 1 is 1.22 bits per heavy atom. The van der Waals surface area contributed by atoms with E-state index in [1.54, 1.807) is 13.2 Å². The lowest BCUT2D eigenvalue weighted by atomic mass is 10.0. The van der Waals surface area contributed by atoms with Gasteiger partial charge in [0.1, 0.15) is 11.2 Å². The lowest BCUT2D eigenvalue weighted by Gasteiger charge is -2.13. The summed E-state index contributed by atoms with van der Waals surface area (Å²) in [5, 5.41) is 9.78. The Morgan fingerprint density at radius 3 is 2.61 bits per heavy atom. The maximum atomic E-state index is 12.8.